The lowest BCUT2D eigenvalue weighted by Crippen LogP contribution is -2.53. The van der Waals surface area contributed by atoms with Crippen molar-refractivity contribution in [1.82, 2.24) is 10.2 Å². The Morgan fingerprint density at radius 1 is 1.30 bits per heavy atom. The normalized spacial score (nSPS) is 27.8. The van der Waals surface area contributed by atoms with Gasteiger partial charge in [0.25, 0.3) is 0 Å². The van der Waals surface area contributed by atoms with Gasteiger partial charge in [-0.25, -0.2) is 0 Å². The molecule has 2 saturated heterocycles. The van der Waals surface area contributed by atoms with Crippen molar-refractivity contribution < 1.29 is 4.74 Å². The molecule has 1 saturated carbocycles. The highest BCUT2D eigenvalue weighted by molar-refractivity contribution is 14.0. The Morgan fingerprint density at radius 2 is 2.13 bits per heavy atom. The summed E-state index contributed by atoms with van der Waals surface area (Å²) in [6.07, 6.45) is 11.0. The average molecular weight is 453 g/mol. The first-order valence-electron chi connectivity index (χ1n) is 9.02. The zero-order valence-corrected chi connectivity index (χ0v) is 17.5. The predicted octanol–water partition coefficient (Wildman–Crippen LogP) is 3.50. The fourth-order valence-electron chi connectivity index (χ4n) is 4.07. The summed E-state index contributed by atoms with van der Waals surface area (Å²) in [5.74, 6) is 2.34. The highest BCUT2D eigenvalue weighted by Crippen LogP contribution is 2.42. The van der Waals surface area contributed by atoms with Crippen LogP contribution in [0.3, 0.4) is 0 Å². The Hall–Kier alpha value is 0.310. The van der Waals surface area contributed by atoms with Crippen LogP contribution < -0.4 is 5.32 Å². The van der Waals surface area contributed by atoms with Crippen LogP contribution in [0.15, 0.2) is 4.99 Å². The minimum atomic E-state index is 0. The van der Waals surface area contributed by atoms with E-state index < -0.39 is 0 Å². The zero-order valence-electron chi connectivity index (χ0n) is 14.4. The smallest absolute Gasteiger partial charge is 0.193 e. The van der Waals surface area contributed by atoms with E-state index in [1.807, 2.05) is 7.05 Å². The maximum absolute atomic E-state index is 5.71. The largest absolute Gasteiger partial charge is 0.378 e. The van der Waals surface area contributed by atoms with E-state index >= 15 is 0 Å². The summed E-state index contributed by atoms with van der Waals surface area (Å²) < 4.78 is 6.21. The lowest BCUT2D eigenvalue weighted by atomic mass is 9.87. The van der Waals surface area contributed by atoms with Gasteiger partial charge in [0, 0.05) is 43.8 Å². The third-order valence-electron chi connectivity index (χ3n) is 5.30. The summed E-state index contributed by atoms with van der Waals surface area (Å²) in [6, 6.07) is 0. The number of guanidine groups is 1. The molecule has 2 heterocycles. The first-order valence-corrected chi connectivity index (χ1v) is 10.0. The average Bonchev–Trinajstić information content (AvgIpc) is 3.06. The molecule has 0 aromatic heterocycles. The Labute approximate surface area is 162 Å². The molecule has 1 spiro atoms. The second kappa shape index (κ2) is 9.70. The second-order valence-corrected chi connectivity index (χ2v) is 8.47. The Balaban J connectivity index is 0.00000192. The van der Waals surface area contributed by atoms with E-state index in [-0.39, 0.29) is 24.0 Å². The molecular weight excluding hydrogens is 421 g/mol. The van der Waals surface area contributed by atoms with Crippen LogP contribution in [-0.4, -0.2) is 60.8 Å². The third kappa shape index (κ3) is 5.39. The third-order valence-corrected chi connectivity index (χ3v) is 6.83. The molecule has 6 heteroatoms. The van der Waals surface area contributed by atoms with Crippen molar-refractivity contribution in [2.24, 2.45) is 4.99 Å². The minimum Gasteiger partial charge on any atom is -0.378 e. The molecule has 3 fully saturated rings. The number of nitrogens with zero attached hydrogens (tertiary/aromatic N) is 2. The number of halogens is 1. The molecule has 134 valence electrons. The molecular formula is C17H32IN3OS. The number of rotatable bonds is 3. The highest BCUT2D eigenvalue weighted by Gasteiger charge is 2.38. The highest BCUT2D eigenvalue weighted by atomic mass is 127. The maximum Gasteiger partial charge on any atom is 0.193 e. The molecule has 1 unspecified atom stereocenters. The van der Waals surface area contributed by atoms with E-state index in [1.54, 1.807) is 0 Å². The van der Waals surface area contributed by atoms with Gasteiger partial charge in [-0.3, -0.25) is 4.99 Å². The summed E-state index contributed by atoms with van der Waals surface area (Å²) in [6.45, 7) is 4.24. The molecule has 0 aromatic carbocycles. The minimum absolute atomic E-state index is 0. The van der Waals surface area contributed by atoms with Crippen molar-refractivity contribution >= 4 is 41.7 Å². The molecule has 1 aliphatic carbocycles. The van der Waals surface area contributed by atoms with Crippen LogP contribution in [0.5, 0.6) is 0 Å². The van der Waals surface area contributed by atoms with Gasteiger partial charge in [-0.2, -0.15) is 11.8 Å². The molecule has 0 aromatic rings. The van der Waals surface area contributed by atoms with Crippen molar-refractivity contribution in [2.75, 3.05) is 39.0 Å². The maximum atomic E-state index is 5.71. The van der Waals surface area contributed by atoms with E-state index in [0.29, 0.717) is 10.9 Å². The van der Waals surface area contributed by atoms with E-state index in [2.05, 4.69) is 27.0 Å². The van der Waals surface area contributed by atoms with E-state index in [9.17, 15) is 0 Å². The molecule has 23 heavy (non-hydrogen) atoms. The first-order chi connectivity index (χ1) is 10.8. The van der Waals surface area contributed by atoms with Gasteiger partial charge in [-0.15, -0.1) is 24.0 Å². The molecule has 2 aliphatic heterocycles. The van der Waals surface area contributed by atoms with E-state index in [1.165, 1.54) is 57.2 Å². The van der Waals surface area contributed by atoms with Crippen LogP contribution >= 0.6 is 35.7 Å². The fraction of sp³-hybridized carbons (Fsp3) is 0.941. The number of hydrogen-bond donors (Lipinski definition) is 1. The molecule has 0 radical (unpaired) electrons. The Bertz CT molecular complexity index is 377. The Kier molecular flexibility index (Phi) is 8.28. The van der Waals surface area contributed by atoms with E-state index in [4.69, 9.17) is 4.74 Å². The first kappa shape index (κ1) is 19.6. The van der Waals surface area contributed by atoms with Gasteiger partial charge >= 0.3 is 0 Å². The lowest BCUT2D eigenvalue weighted by molar-refractivity contribution is 0.105. The van der Waals surface area contributed by atoms with Crippen LogP contribution in [0.25, 0.3) is 0 Å². The van der Waals surface area contributed by atoms with Gasteiger partial charge in [-0.1, -0.05) is 19.3 Å². The summed E-state index contributed by atoms with van der Waals surface area (Å²) >= 11 is 2.22. The number of aliphatic imine (C=N–C) groups is 1. The van der Waals surface area contributed by atoms with Crippen LogP contribution in [0.2, 0.25) is 0 Å². The Morgan fingerprint density at radius 3 is 2.83 bits per heavy atom. The predicted molar refractivity (Wildman–Crippen MR) is 110 cm³/mol. The van der Waals surface area contributed by atoms with Crippen LogP contribution in [0, 0.1) is 0 Å². The summed E-state index contributed by atoms with van der Waals surface area (Å²) in [5, 5.41) is 3.57. The van der Waals surface area contributed by atoms with Crippen LogP contribution in [-0.2, 0) is 4.74 Å². The molecule has 1 atom stereocenters. The van der Waals surface area contributed by atoms with Gasteiger partial charge < -0.3 is 15.0 Å². The van der Waals surface area contributed by atoms with Crippen LogP contribution in [0.4, 0.5) is 0 Å². The quantitative estimate of drug-likeness (QED) is 0.403. The van der Waals surface area contributed by atoms with Gasteiger partial charge in [0.15, 0.2) is 5.96 Å². The molecule has 3 rings (SSSR count). The number of thioether (sulfide) groups is 1. The summed E-state index contributed by atoms with van der Waals surface area (Å²) in [4.78, 5) is 7.03. The monoisotopic (exact) mass is 453 g/mol. The molecule has 4 nitrogen and oxygen atoms in total. The van der Waals surface area contributed by atoms with Crippen molar-refractivity contribution in [3.63, 3.8) is 0 Å². The molecule has 0 bridgehead atoms. The van der Waals surface area contributed by atoms with Gasteiger partial charge in [0.2, 0.25) is 0 Å². The van der Waals surface area contributed by atoms with E-state index in [0.717, 1.165) is 32.1 Å². The zero-order chi connectivity index (χ0) is 15.3. The van der Waals surface area contributed by atoms with Crippen molar-refractivity contribution in [2.45, 2.75) is 62.2 Å². The van der Waals surface area contributed by atoms with Crippen LogP contribution in [0.1, 0.15) is 51.4 Å². The summed E-state index contributed by atoms with van der Waals surface area (Å²) in [7, 11) is 1.92. The molecule has 3 aliphatic rings. The van der Waals surface area contributed by atoms with Crippen molar-refractivity contribution in [3.05, 3.63) is 0 Å². The second-order valence-electron chi connectivity index (χ2n) is 6.91. The van der Waals surface area contributed by atoms with Gasteiger partial charge in [0.1, 0.15) is 0 Å². The van der Waals surface area contributed by atoms with Gasteiger partial charge in [-0.05, 0) is 32.1 Å². The molecule has 1 N–H and O–H groups in total. The molecule has 0 amide bonds. The lowest BCUT2D eigenvalue weighted by Gasteiger charge is -2.45. The number of nitrogens with one attached hydrogen (secondary N) is 1. The van der Waals surface area contributed by atoms with Crippen molar-refractivity contribution in [3.8, 4) is 0 Å². The fourth-order valence-corrected chi connectivity index (χ4v) is 5.64. The van der Waals surface area contributed by atoms with Gasteiger partial charge in [0.05, 0.1) is 6.10 Å². The SMILES string of the molecule is CN=C(NCCC1CCCO1)N1CCSC2(CCCCC2)C1.I. The topological polar surface area (TPSA) is 36.9 Å². The van der Waals surface area contributed by atoms with Crippen molar-refractivity contribution in [1.29, 1.82) is 0 Å². The number of ether oxygens (including phenoxy) is 1. The number of hydrogen-bond acceptors (Lipinski definition) is 3. The summed E-state index contributed by atoms with van der Waals surface area (Å²) in [5.41, 5.74) is 0. The standard InChI is InChI=1S/C17H31N3OS.HI/c1-18-16(19-10-7-15-6-5-12-21-15)20-11-13-22-17(14-20)8-3-2-4-9-17;/h15H,2-14H2,1H3,(H,18,19);1H.